The van der Waals surface area contributed by atoms with Crippen LogP contribution in [-0.2, 0) is 12.8 Å². The largest absolute Gasteiger partial charge is 0.366 e. The lowest BCUT2D eigenvalue weighted by atomic mass is 10.1. The highest BCUT2D eigenvalue weighted by Crippen LogP contribution is 2.25. The SMILES string of the molecule is Cc1ccc(C(N)=O)cc1Nc1nc(NC2Cc3ccccc3C2)nc(N[C@@H]2CCNC2)n1. The standard InChI is InChI=1S/C24H28N8O/c1-14-6-7-17(21(25)33)12-20(14)29-24-31-22(27-18-8-9-26-13-18)30-23(32-24)28-19-10-15-4-2-3-5-16(15)11-19/h2-7,12,18-19,26H,8-11,13H2,1H3,(H2,25,33)(H3,27,28,29,30,31,32)/t18-/m1/s1. The molecule has 0 bridgehead atoms. The molecule has 1 aromatic heterocycles. The molecule has 0 unspecified atom stereocenters. The molecule has 1 amide bonds. The number of anilines is 4. The van der Waals surface area contributed by atoms with Gasteiger partial charge in [-0.3, -0.25) is 4.79 Å². The number of hydrogen-bond acceptors (Lipinski definition) is 8. The summed E-state index contributed by atoms with van der Waals surface area (Å²) in [5, 5.41) is 13.5. The van der Waals surface area contributed by atoms with Gasteiger partial charge in [0.05, 0.1) is 0 Å². The lowest BCUT2D eigenvalue weighted by Crippen LogP contribution is -2.25. The van der Waals surface area contributed by atoms with Crippen LogP contribution in [0.5, 0.6) is 0 Å². The van der Waals surface area contributed by atoms with Gasteiger partial charge in [-0.2, -0.15) is 15.0 Å². The maximum atomic E-state index is 11.6. The number of primary amides is 1. The van der Waals surface area contributed by atoms with E-state index in [1.165, 1.54) is 11.1 Å². The Hall–Kier alpha value is -3.72. The van der Waals surface area contributed by atoms with E-state index in [0.29, 0.717) is 23.4 Å². The molecule has 5 rings (SSSR count). The smallest absolute Gasteiger partial charge is 0.248 e. The summed E-state index contributed by atoms with van der Waals surface area (Å²) in [6, 6.07) is 14.3. The Morgan fingerprint density at radius 1 is 0.970 bits per heavy atom. The Bertz CT molecular complexity index is 1150. The number of nitrogens with zero attached hydrogens (tertiary/aromatic N) is 3. The van der Waals surface area contributed by atoms with Crippen molar-refractivity contribution in [2.75, 3.05) is 29.0 Å². The van der Waals surface area contributed by atoms with Crippen LogP contribution in [0.25, 0.3) is 0 Å². The number of hydrogen-bond donors (Lipinski definition) is 5. The lowest BCUT2D eigenvalue weighted by molar-refractivity contribution is 0.100. The third-order valence-corrected chi connectivity index (χ3v) is 6.18. The molecule has 2 aromatic carbocycles. The Kier molecular flexibility index (Phi) is 5.78. The molecule has 0 radical (unpaired) electrons. The van der Waals surface area contributed by atoms with Gasteiger partial charge in [0, 0.05) is 29.9 Å². The van der Waals surface area contributed by atoms with Gasteiger partial charge in [0.1, 0.15) is 0 Å². The summed E-state index contributed by atoms with van der Waals surface area (Å²) in [7, 11) is 0. The molecule has 9 heteroatoms. The van der Waals surface area contributed by atoms with Crippen LogP contribution in [0, 0.1) is 6.92 Å². The van der Waals surface area contributed by atoms with E-state index >= 15 is 0 Å². The first-order valence-corrected chi connectivity index (χ1v) is 11.3. The molecule has 9 nitrogen and oxygen atoms in total. The minimum Gasteiger partial charge on any atom is -0.366 e. The van der Waals surface area contributed by atoms with E-state index in [-0.39, 0.29) is 12.1 Å². The van der Waals surface area contributed by atoms with Crippen molar-refractivity contribution in [2.45, 2.75) is 38.3 Å². The van der Waals surface area contributed by atoms with Crippen LogP contribution in [0.2, 0.25) is 0 Å². The molecule has 1 aliphatic heterocycles. The lowest BCUT2D eigenvalue weighted by Gasteiger charge is -2.17. The van der Waals surface area contributed by atoms with Crippen molar-refractivity contribution < 1.29 is 4.79 Å². The molecular formula is C24H28N8O. The number of nitrogens with one attached hydrogen (secondary N) is 4. The van der Waals surface area contributed by atoms with E-state index in [0.717, 1.165) is 43.6 Å². The molecular weight excluding hydrogens is 416 g/mol. The van der Waals surface area contributed by atoms with Gasteiger partial charge in [-0.1, -0.05) is 30.3 Å². The molecule has 6 N–H and O–H groups in total. The van der Waals surface area contributed by atoms with Crippen LogP contribution in [-0.4, -0.2) is 46.0 Å². The Morgan fingerprint density at radius 3 is 2.27 bits per heavy atom. The van der Waals surface area contributed by atoms with E-state index in [9.17, 15) is 4.79 Å². The first-order chi connectivity index (χ1) is 16.0. The molecule has 1 fully saturated rings. The molecule has 1 atom stereocenters. The van der Waals surface area contributed by atoms with Gasteiger partial charge in [-0.25, -0.2) is 0 Å². The fourth-order valence-corrected chi connectivity index (χ4v) is 4.40. The summed E-state index contributed by atoms with van der Waals surface area (Å²) < 4.78 is 0. The highest BCUT2D eigenvalue weighted by molar-refractivity contribution is 5.94. The van der Waals surface area contributed by atoms with Gasteiger partial charge in [-0.05, 0) is 61.6 Å². The molecule has 0 saturated carbocycles. The van der Waals surface area contributed by atoms with E-state index in [2.05, 4.69) is 60.5 Å². The number of aromatic nitrogens is 3. The van der Waals surface area contributed by atoms with Crippen molar-refractivity contribution in [3.63, 3.8) is 0 Å². The third kappa shape index (κ3) is 4.88. The predicted molar refractivity (Wildman–Crippen MR) is 129 cm³/mol. The van der Waals surface area contributed by atoms with Crippen molar-refractivity contribution in [3.05, 3.63) is 64.7 Å². The van der Waals surface area contributed by atoms with Crippen molar-refractivity contribution in [1.82, 2.24) is 20.3 Å². The van der Waals surface area contributed by atoms with Crippen molar-refractivity contribution in [3.8, 4) is 0 Å². The highest BCUT2D eigenvalue weighted by Gasteiger charge is 2.23. The predicted octanol–water partition coefficient (Wildman–Crippen LogP) is 2.38. The third-order valence-electron chi connectivity index (χ3n) is 6.18. The summed E-state index contributed by atoms with van der Waals surface area (Å²) in [5.41, 5.74) is 10.3. The number of benzene rings is 2. The Morgan fingerprint density at radius 2 is 1.64 bits per heavy atom. The normalized spacial score (nSPS) is 17.5. The molecule has 170 valence electrons. The fraction of sp³-hybridized carbons (Fsp3) is 0.333. The molecule has 0 spiro atoms. The number of rotatable bonds is 7. The first kappa shape index (κ1) is 21.1. The Labute approximate surface area is 192 Å². The number of fused-ring (bicyclic) bond motifs is 1. The van der Waals surface area contributed by atoms with E-state index in [1.807, 2.05) is 13.0 Å². The number of aryl methyl sites for hydroxylation is 1. The second kappa shape index (κ2) is 9.03. The number of nitrogens with two attached hydrogens (primary N) is 1. The van der Waals surface area contributed by atoms with Crippen molar-refractivity contribution >= 4 is 29.4 Å². The number of carbonyl (C=O) groups excluding carboxylic acids is 1. The van der Waals surface area contributed by atoms with E-state index < -0.39 is 5.91 Å². The molecule has 33 heavy (non-hydrogen) atoms. The maximum absolute atomic E-state index is 11.6. The maximum Gasteiger partial charge on any atom is 0.248 e. The first-order valence-electron chi connectivity index (χ1n) is 11.3. The van der Waals surface area contributed by atoms with E-state index in [1.54, 1.807) is 12.1 Å². The molecule has 1 saturated heterocycles. The fourth-order valence-electron chi connectivity index (χ4n) is 4.40. The van der Waals surface area contributed by atoms with Crippen LogP contribution in [0.15, 0.2) is 42.5 Å². The van der Waals surface area contributed by atoms with Gasteiger partial charge in [0.15, 0.2) is 0 Å². The van der Waals surface area contributed by atoms with Gasteiger partial charge >= 0.3 is 0 Å². The average molecular weight is 445 g/mol. The summed E-state index contributed by atoms with van der Waals surface area (Å²) in [6.45, 7) is 3.79. The summed E-state index contributed by atoms with van der Waals surface area (Å²) in [5.74, 6) is 0.958. The molecule has 2 heterocycles. The van der Waals surface area contributed by atoms with Crippen molar-refractivity contribution in [2.24, 2.45) is 5.73 Å². The van der Waals surface area contributed by atoms with Crippen LogP contribution in [0.3, 0.4) is 0 Å². The van der Waals surface area contributed by atoms with Crippen LogP contribution in [0.4, 0.5) is 23.5 Å². The van der Waals surface area contributed by atoms with Gasteiger partial charge in [0.25, 0.3) is 0 Å². The van der Waals surface area contributed by atoms with Crippen LogP contribution >= 0.6 is 0 Å². The minimum atomic E-state index is -0.479. The highest BCUT2D eigenvalue weighted by atomic mass is 16.1. The molecule has 3 aromatic rings. The van der Waals surface area contributed by atoms with Gasteiger partial charge in [0.2, 0.25) is 23.8 Å². The second-order valence-corrected chi connectivity index (χ2v) is 8.68. The summed E-state index contributed by atoms with van der Waals surface area (Å²) in [4.78, 5) is 25.5. The zero-order valence-corrected chi connectivity index (χ0v) is 18.6. The Balaban J connectivity index is 1.41. The zero-order valence-electron chi connectivity index (χ0n) is 18.6. The molecule has 2 aliphatic rings. The average Bonchev–Trinajstić information content (AvgIpc) is 3.44. The quantitative estimate of drug-likeness (QED) is 0.376. The topological polar surface area (TPSA) is 130 Å². The minimum absolute atomic E-state index is 0.221. The van der Waals surface area contributed by atoms with E-state index in [4.69, 9.17) is 5.73 Å². The van der Waals surface area contributed by atoms with Crippen molar-refractivity contribution in [1.29, 1.82) is 0 Å². The summed E-state index contributed by atoms with van der Waals surface area (Å²) >= 11 is 0. The number of amides is 1. The monoisotopic (exact) mass is 444 g/mol. The summed E-state index contributed by atoms with van der Waals surface area (Å²) in [6.07, 6.45) is 2.87. The van der Waals surface area contributed by atoms with Crippen LogP contribution < -0.4 is 27.0 Å². The second-order valence-electron chi connectivity index (χ2n) is 8.68. The zero-order chi connectivity index (χ0) is 22.8. The van der Waals surface area contributed by atoms with Crippen LogP contribution in [0.1, 0.15) is 33.5 Å². The van der Waals surface area contributed by atoms with Gasteiger partial charge < -0.3 is 27.0 Å². The number of carbonyl (C=O) groups is 1. The van der Waals surface area contributed by atoms with Gasteiger partial charge in [-0.15, -0.1) is 0 Å². The molecule has 1 aliphatic carbocycles.